The van der Waals surface area contributed by atoms with Gasteiger partial charge >= 0.3 is 6.09 Å². The number of piperazine rings is 1. The summed E-state index contributed by atoms with van der Waals surface area (Å²) in [5, 5.41) is 3.29. The predicted molar refractivity (Wildman–Crippen MR) is 113 cm³/mol. The van der Waals surface area contributed by atoms with E-state index in [1.165, 1.54) is 12.1 Å². The largest absolute Gasteiger partial charge is 0.450 e. The van der Waals surface area contributed by atoms with Gasteiger partial charge in [-0.15, -0.1) is 24.0 Å². The summed E-state index contributed by atoms with van der Waals surface area (Å²) < 4.78 is 23.6. The number of amides is 1. The van der Waals surface area contributed by atoms with Gasteiger partial charge in [-0.25, -0.2) is 9.18 Å². The van der Waals surface area contributed by atoms with E-state index in [0.29, 0.717) is 39.3 Å². The number of carbonyl (C=O) groups excluding carboxylic acids is 1. The Morgan fingerprint density at radius 2 is 1.81 bits per heavy atom. The molecule has 27 heavy (non-hydrogen) atoms. The highest BCUT2D eigenvalue weighted by molar-refractivity contribution is 14.0. The molecule has 0 bridgehead atoms. The highest BCUT2D eigenvalue weighted by atomic mass is 127. The van der Waals surface area contributed by atoms with E-state index in [2.05, 4.69) is 15.2 Å². The summed E-state index contributed by atoms with van der Waals surface area (Å²) in [5.41, 5.74) is 0.893. The molecule has 1 aliphatic heterocycles. The maximum atomic E-state index is 13.1. The number of nitrogens with one attached hydrogen (secondary N) is 1. The van der Waals surface area contributed by atoms with Gasteiger partial charge in [-0.05, 0) is 24.6 Å². The second-order valence-electron chi connectivity index (χ2n) is 5.88. The Balaban J connectivity index is 0.00000364. The summed E-state index contributed by atoms with van der Waals surface area (Å²) in [7, 11) is 3.34. The SMILES string of the molecule is CCOC(=O)N1CCN(C(=NC)NCC(OC)c2ccc(F)cc2)CC1.I. The third-order valence-corrected chi connectivity index (χ3v) is 4.29. The lowest BCUT2D eigenvalue weighted by molar-refractivity contribution is 0.0901. The molecule has 1 N–H and O–H groups in total. The van der Waals surface area contributed by atoms with Crippen LogP contribution >= 0.6 is 24.0 Å². The Bertz CT molecular complexity index is 607. The topological polar surface area (TPSA) is 66.4 Å². The zero-order valence-corrected chi connectivity index (χ0v) is 18.3. The molecule has 9 heteroatoms. The summed E-state index contributed by atoms with van der Waals surface area (Å²) in [5.74, 6) is 0.476. The van der Waals surface area contributed by atoms with Crippen molar-refractivity contribution in [2.24, 2.45) is 4.99 Å². The standard InChI is InChI=1S/C18H27FN4O3.HI/c1-4-26-18(24)23-11-9-22(10-12-23)17(20-2)21-13-16(25-3)14-5-7-15(19)8-6-14;/h5-8,16H,4,9-13H2,1-3H3,(H,20,21);1H. The average Bonchev–Trinajstić information content (AvgIpc) is 2.67. The molecular formula is C18H28FIN4O3. The summed E-state index contributed by atoms with van der Waals surface area (Å²) in [4.78, 5) is 19.9. The molecule has 1 atom stereocenters. The van der Waals surface area contributed by atoms with Crippen LogP contribution in [0.3, 0.4) is 0 Å². The minimum Gasteiger partial charge on any atom is -0.450 e. The van der Waals surface area contributed by atoms with Crippen molar-refractivity contribution in [1.29, 1.82) is 0 Å². The normalized spacial score (nSPS) is 15.8. The number of aliphatic imine (C=N–C) groups is 1. The summed E-state index contributed by atoms with van der Waals surface area (Å²) in [6, 6.07) is 6.27. The molecule has 0 aliphatic carbocycles. The molecule has 1 aromatic rings. The van der Waals surface area contributed by atoms with Crippen molar-refractivity contribution in [2.45, 2.75) is 13.0 Å². The molecule has 152 valence electrons. The number of guanidine groups is 1. The van der Waals surface area contributed by atoms with E-state index in [9.17, 15) is 9.18 Å². The zero-order chi connectivity index (χ0) is 18.9. The van der Waals surface area contributed by atoms with E-state index >= 15 is 0 Å². The van der Waals surface area contributed by atoms with Gasteiger partial charge in [-0.3, -0.25) is 4.99 Å². The molecule has 0 radical (unpaired) electrons. The smallest absolute Gasteiger partial charge is 0.409 e. The molecule has 1 heterocycles. The van der Waals surface area contributed by atoms with Gasteiger partial charge in [0.25, 0.3) is 0 Å². The number of hydrogen-bond acceptors (Lipinski definition) is 4. The van der Waals surface area contributed by atoms with Crippen molar-refractivity contribution in [3.05, 3.63) is 35.6 Å². The summed E-state index contributed by atoms with van der Waals surface area (Å²) in [6.07, 6.45) is -0.487. The van der Waals surface area contributed by atoms with E-state index in [1.54, 1.807) is 38.1 Å². The van der Waals surface area contributed by atoms with Gasteiger partial charge in [-0.1, -0.05) is 12.1 Å². The van der Waals surface area contributed by atoms with Gasteiger partial charge in [0.2, 0.25) is 0 Å². The molecule has 0 saturated carbocycles. The van der Waals surface area contributed by atoms with Gasteiger partial charge in [0.05, 0.1) is 12.7 Å². The maximum absolute atomic E-state index is 13.1. The average molecular weight is 494 g/mol. The van der Waals surface area contributed by atoms with E-state index < -0.39 is 0 Å². The molecule has 2 rings (SSSR count). The highest BCUT2D eigenvalue weighted by Crippen LogP contribution is 2.16. The quantitative estimate of drug-likeness (QED) is 0.387. The number of halogens is 2. The van der Waals surface area contributed by atoms with Gasteiger partial charge in [0, 0.05) is 46.9 Å². The lowest BCUT2D eigenvalue weighted by Gasteiger charge is -2.36. The Labute approximate surface area is 176 Å². The van der Waals surface area contributed by atoms with Crippen LogP contribution in [0.15, 0.2) is 29.3 Å². The van der Waals surface area contributed by atoms with Crippen LogP contribution < -0.4 is 5.32 Å². The number of nitrogens with zero attached hydrogens (tertiary/aromatic N) is 3. The Hall–Kier alpha value is -1.62. The molecule has 1 amide bonds. The second-order valence-corrected chi connectivity index (χ2v) is 5.88. The van der Waals surface area contributed by atoms with Gasteiger partial charge in [-0.2, -0.15) is 0 Å². The fourth-order valence-corrected chi connectivity index (χ4v) is 2.85. The van der Waals surface area contributed by atoms with E-state index in [4.69, 9.17) is 9.47 Å². The van der Waals surface area contributed by atoms with E-state index in [-0.39, 0.29) is 42.0 Å². The first-order valence-corrected chi connectivity index (χ1v) is 8.74. The van der Waals surface area contributed by atoms with E-state index in [0.717, 1.165) is 11.5 Å². The number of rotatable bonds is 5. The van der Waals surface area contributed by atoms with Crippen LogP contribution in [-0.2, 0) is 9.47 Å². The molecule has 0 spiro atoms. The van der Waals surface area contributed by atoms with Crippen LogP contribution in [0.1, 0.15) is 18.6 Å². The Morgan fingerprint density at radius 3 is 2.33 bits per heavy atom. The molecule has 1 fully saturated rings. The van der Waals surface area contributed by atoms with Crippen LogP contribution in [-0.4, -0.2) is 75.3 Å². The third kappa shape index (κ3) is 6.80. The monoisotopic (exact) mass is 494 g/mol. The summed E-state index contributed by atoms with van der Waals surface area (Å²) in [6.45, 7) is 5.21. The third-order valence-electron chi connectivity index (χ3n) is 4.29. The lowest BCUT2D eigenvalue weighted by atomic mass is 10.1. The molecular weight excluding hydrogens is 466 g/mol. The zero-order valence-electron chi connectivity index (χ0n) is 16.0. The first-order valence-electron chi connectivity index (χ1n) is 8.74. The maximum Gasteiger partial charge on any atom is 0.409 e. The molecule has 1 saturated heterocycles. The number of benzene rings is 1. The molecule has 0 aromatic heterocycles. The van der Waals surface area contributed by atoms with Crippen LogP contribution in [0.2, 0.25) is 0 Å². The second kappa shape index (κ2) is 12.0. The minimum atomic E-state index is -0.272. The molecule has 1 aromatic carbocycles. The van der Waals surface area contributed by atoms with E-state index in [1.807, 2.05) is 0 Å². The minimum absolute atomic E-state index is 0. The van der Waals surface area contributed by atoms with Crippen molar-refractivity contribution >= 4 is 36.0 Å². The fourth-order valence-electron chi connectivity index (χ4n) is 2.85. The molecule has 1 unspecified atom stereocenters. The number of methoxy groups -OCH3 is 1. The first kappa shape index (κ1) is 23.4. The highest BCUT2D eigenvalue weighted by Gasteiger charge is 2.24. The van der Waals surface area contributed by atoms with Crippen LogP contribution in [0.4, 0.5) is 9.18 Å². The Morgan fingerprint density at radius 1 is 1.22 bits per heavy atom. The van der Waals surface area contributed by atoms with Crippen LogP contribution in [0.25, 0.3) is 0 Å². The Kier molecular flexibility index (Phi) is 10.4. The van der Waals surface area contributed by atoms with Gasteiger partial charge < -0.3 is 24.6 Å². The van der Waals surface area contributed by atoms with Crippen molar-refractivity contribution in [3.8, 4) is 0 Å². The van der Waals surface area contributed by atoms with Crippen molar-refractivity contribution in [1.82, 2.24) is 15.1 Å². The summed E-state index contributed by atoms with van der Waals surface area (Å²) >= 11 is 0. The van der Waals surface area contributed by atoms with Gasteiger partial charge in [0.1, 0.15) is 5.82 Å². The van der Waals surface area contributed by atoms with Gasteiger partial charge in [0.15, 0.2) is 5.96 Å². The molecule has 1 aliphatic rings. The van der Waals surface area contributed by atoms with Crippen molar-refractivity contribution in [3.63, 3.8) is 0 Å². The number of carbonyl (C=O) groups is 1. The number of hydrogen-bond donors (Lipinski definition) is 1. The fraction of sp³-hybridized carbons (Fsp3) is 0.556. The molecule has 7 nitrogen and oxygen atoms in total. The lowest BCUT2D eigenvalue weighted by Crippen LogP contribution is -2.54. The van der Waals surface area contributed by atoms with Crippen molar-refractivity contribution in [2.75, 3.05) is 53.5 Å². The van der Waals surface area contributed by atoms with Crippen LogP contribution in [0, 0.1) is 5.82 Å². The predicted octanol–water partition coefficient (Wildman–Crippen LogP) is 2.48. The first-order chi connectivity index (χ1) is 12.6. The number of ether oxygens (including phenoxy) is 2. The van der Waals surface area contributed by atoms with Crippen molar-refractivity contribution < 1.29 is 18.7 Å². The van der Waals surface area contributed by atoms with Crippen LogP contribution in [0.5, 0.6) is 0 Å².